The van der Waals surface area contributed by atoms with E-state index in [-0.39, 0.29) is 11.5 Å². The first-order valence-corrected chi connectivity index (χ1v) is 14.7. The van der Waals surface area contributed by atoms with Gasteiger partial charge in [0.25, 0.3) is 0 Å². The van der Waals surface area contributed by atoms with Gasteiger partial charge in [-0.3, -0.25) is 0 Å². The summed E-state index contributed by atoms with van der Waals surface area (Å²) < 4.78 is 11.0. The maximum atomic E-state index is 5.63. The van der Waals surface area contributed by atoms with Gasteiger partial charge in [-0.15, -0.1) is 0 Å². The van der Waals surface area contributed by atoms with E-state index in [1.165, 1.54) is 55.6 Å². The summed E-state index contributed by atoms with van der Waals surface area (Å²) >= 11 is 0. The summed E-state index contributed by atoms with van der Waals surface area (Å²) in [6.45, 7) is 15.8. The highest BCUT2D eigenvalue weighted by atomic mass is 16.6. The second kappa shape index (κ2) is 11.1. The van der Waals surface area contributed by atoms with Crippen molar-refractivity contribution in [2.24, 2.45) is 0 Å². The fourth-order valence-electron chi connectivity index (χ4n) is 5.78. The Hall–Kier alpha value is -3.20. The number of ether oxygens (including phenoxy) is 2. The molecule has 2 aliphatic heterocycles. The first-order valence-electron chi connectivity index (χ1n) is 14.7. The Morgan fingerprint density at radius 2 is 1.10 bits per heavy atom. The van der Waals surface area contributed by atoms with Gasteiger partial charge >= 0.3 is 0 Å². The molecular formula is C37H42O2. The van der Waals surface area contributed by atoms with Crippen LogP contribution in [0.5, 0.6) is 0 Å². The molecule has 2 heteroatoms. The average molecular weight is 519 g/mol. The van der Waals surface area contributed by atoms with Crippen LogP contribution in [0.2, 0.25) is 0 Å². The predicted octanol–water partition coefficient (Wildman–Crippen LogP) is 9.78. The Labute approximate surface area is 235 Å². The van der Waals surface area contributed by atoms with Crippen LogP contribution < -0.4 is 0 Å². The van der Waals surface area contributed by atoms with Crippen LogP contribution in [-0.4, -0.2) is 18.8 Å². The van der Waals surface area contributed by atoms with Crippen molar-refractivity contribution < 1.29 is 9.47 Å². The molecule has 0 aromatic heterocycles. The van der Waals surface area contributed by atoms with Crippen LogP contribution in [0.15, 0.2) is 84.9 Å². The van der Waals surface area contributed by atoms with E-state index in [4.69, 9.17) is 9.47 Å². The Morgan fingerprint density at radius 3 is 1.54 bits per heavy atom. The van der Waals surface area contributed by atoms with Crippen LogP contribution in [0.3, 0.4) is 0 Å². The summed E-state index contributed by atoms with van der Waals surface area (Å²) in [5, 5.41) is 0. The molecule has 3 unspecified atom stereocenters. The molecule has 1 aliphatic carbocycles. The first kappa shape index (κ1) is 27.4. The fraction of sp³-hybridized carbons (Fsp3) is 0.351. The molecule has 0 amide bonds. The van der Waals surface area contributed by atoms with Crippen LogP contribution in [0.25, 0.3) is 33.4 Å². The van der Waals surface area contributed by atoms with Gasteiger partial charge in [0.1, 0.15) is 6.10 Å². The Kier molecular flexibility index (Phi) is 7.80. The monoisotopic (exact) mass is 518 g/mol. The minimum absolute atomic E-state index is 0.0445. The van der Waals surface area contributed by atoms with Crippen molar-refractivity contribution >= 4 is 0 Å². The van der Waals surface area contributed by atoms with Crippen molar-refractivity contribution in [1.29, 1.82) is 0 Å². The summed E-state index contributed by atoms with van der Waals surface area (Å²) in [6.07, 6.45) is 2.07. The topological polar surface area (TPSA) is 25.1 Å². The average Bonchev–Trinajstić information content (AvgIpc) is 3.92. The molecule has 4 aromatic rings. The van der Waals surface area contributed by atoms with Gasteiger partial charge in [0.2, 0.25) is 0 Å². The van der Waals surface area contributed by atoms with E-state index in [0.29, 0.717) is 12.2 Å². The van der Waals surface area contributed by atoms with Crippen LogP contribution in [-0.2, 0) is 21.3 Å². The second-order valence-corrected chi connectivity index (χ2v) is 10.9. The molecule has 2 fully saturated rings. The van der Waals surface area contributed by atoms with Crippen LogP contribution in [0, 0.1) is 0 Å². The minimum atomic E-state index is -0.0445. The van der Waals surface area contributed by atoms with Gasteiger partial charge in [0, 0.05) is 11.8 Å². The molecule has 3 atom stereocenters. The van der Waals surface area contributed by atoms with E-state index < -0.39 is 0 Å². The lowest BCUT2D eigenvalue weighted by atomic mass is 9.81. The molecule has 39 heavy (non-hydrogen) atoms. The van der Waals surface area contributed by atoms with Crippen molar-refractivity contribution in [2.45, 2.75) is 78.6 Å². The lowest BCUT2D eigenvalue weighted by Gasteiger charge is -2.22. The third-order valence-corrected chi connectivity index (χ3v) is 8.11. The van der Waals surface area contributed by atoms with Crippen molar-refractivity contribution in [3.8, 4) is 33.4 Å². The molecule has 0 N–H and O–H groups in total. The summed E-state index contributed by atoms with van der Waals surface area (Å²) in [5.74, 6) is 0. The maximum Gasteiger partial charge on any atom is 0.109 e. The minimum Gasteiger partial charge on any atom is -0.373 e. The Balaban J connectivity index is 0.000000738. The molecule has 2 nitrogen and oxygen atoms in total. The number of hydrogen-bond acceptors (Lipinski definition) is 2. The van der Waals surface area contributed by atoms with Crippen molar-refractivity contribution in [3.63, 3.8) is 0 Å². The smallest absolute Gasteiger partial charge is 0.109 e. The Bertz CT molecular complexity index is 1430. The molecule has 0 saturated carbocycles. The zero-order valence-corrected chi connectivity index (χ0v) is 24.5. The van der Waals surface area contributed by atoms with Gasteiger partial charge < -0.3 is 9.47 Å². The number of benzene rings is 4. The summed E-state index contributed by atoms with van der Waals surface area (Å²) in [7, 11) is 0. The highest BCUT2D eigenvalue weighted by Gasteiger charge is 2.37. The molecule has 4 aromatic carbocycles. The van der Waals surface area contributed by atoms with Crippen LogP contribution in [0.1, 0.15) is 76.8 Å². The molecule has 7 rings (SSSR count). The highest BCUT2D eigenvalue weighted by molar-refractivity contribution is 5.85. The molecule has 0 bridgehead atoms. The van der Waals surface area contributed by atoms with Gasteiger partial charge in [0.15, 0.2) is 0 Å². The SMILES string of the molecule is CC.CC.CC1OC1c1ccc(-c2ccc3c(c2)C(C)(C)c2cc(-c4ccc(CC5CO5)cc4)ccc2-3)cc1. The third-order valence-electron chi connectivity index (χ3n) is 8.11. The molecule has 3 aliphatic rings. The van der Waals surface area contributed by atoms with E-state index in [1.807, 2.05) is 27.7 Å². The van der Waals surface area contributed by atoms with Crippen molar-refractivity contribution in [2.75, 3.05) is 6.61 Å². The van der Waals surface area contributed by atoms with Gasteiger partial charge in [-0.1, -0.05) is 114 Å². The van der Waals surface area contributed by atoms with Gasteiger partial charge in [-0.2, -0.15) is 0 Å². The number of rotatable bonds is 5. The summed E-state index contributed by atoms with van der Waals surface area (Å²) in [5.41, 5.74) is 13.2. The van der Waals surface area contributed by atoms with Gasteiger partial charge in [0.05, 0.1) is 18.8 Å². The zero-order valence-electron chi connectivity index (χ0n) is 24.5. The van der Waals surface area contributed by atoms with E-state index in [0.717, 1.165) is 13.0 Å². The number of hydrogen-bond donors (Lipinski definition) is 0. The third kappa shape index (κ3) is 5.33. The lowest BCUT2D eigenvalue weighted by molar-refractivity contribution is 0.383. The summed E-state index contributed by atoms with van der Waals surface area (Å²) in [6, 6.07) is 31.9. The van der Waals surface area contributed by atoms with E-state index in [1.54, 1.807) is 0 Å². The van der Waals surface area contributed by atoms with Crippen LogP contribution in [0.4, 0.5) is 0 Å². The summed E-state index contributed by atoms with van der Waals surface area (Å²) in [4.78, 5) is 0. The molecule has 202 valence electrons. The molecule has 2 heterocycles. The lowest BCUT2D eigenvalue weighted by Crippen LogP contribution is -2.15. The standard InChI is InChI=1S/C33H30O2.2C2H6/c1-20-32(35-20)24-10-8-23(9-11-24)26-13-15-29-28-14-12-25(17-30(28)33(2,3)31(29)18-26)22-6-4-21(5-7-22)16-27-19-34-27;2*1-2/h4-15,17-18,20,27,32H,16,19H2,1-3H3;2*1-2H3. The number of epoxide rings is 2. The normalized spacial score (nSPS) is 20.9. The maximum absolute atomic E-state index is 5.63. The largest absolute Gasteiger partial charge is 0.373 e. The van der Waals surface area contributed by atoms with Crippen LogP contribution >= 0.6 is 0 Å². The second-order valence-electron chi connectivity index (χ2n) is 10.9. The zero-order chi connectivity index (χ0) is 27.7. The van der Waals surface area contributed by atoms with Gasteiger partial charge in [-0.25, -0.2) is 0 Å². The fourth-order valence-corrected chi connectivity index (χ4v) is 5.78. The molecule has 0 radical (unpaired) electrons. The van der Waals surface area contributed by atoms with E-state index in [2.05, 4.69) is 106 Å². The predicted molar refractivity (Wildman–Crippen MR) is 164 cm³/mol. The Morgan fingerprint density at radius 1 is 0.667 bits per heavy atom. The number of fused-ring (bicyclic) bond motifs is 3. The molecular weight excluding hydrogens is 476 g/mol. The molecule has 0 spiro atoms. The van der Waals surface area contributed by atoms with E-state index >= 15 is 0 Å². The highest BCUT2D eigenvalue weighted by Crippen LogP contribution is 2.50. The van der Waals surface area contributed by atoms with Gasteiger partial charge in [-0.05, 0) is 74.7 Å². The molecule has 2 saturated heterocycles. The van der Waals surface area contributed by atoms with Crippen molar-refractivity contribution in [3.05, 3.63) is 107 Å². The van der Waals surface area contributed by atoms with E-state index in [9.17, 15) is 0 Å². The van der Waals surface area contributed by atoms with Crippen molar-refractivity contribution in [1.82, 2.24) is 0 Å². The quantitative estimate of drug-likeness (QED) is 0.246. The first-order chi connectivity index (χ1) is 19.0.